The Labute approximate surface area is 122 Å². The van der Waals surface area contributed by atoms with E-state index in [1.165, 1.54) is 11.5 Å². The molecule has 0 unspecified atom stereocenters. The topological polar surface area (TPSA) is 29.1 Å². The first kappa shape index (κ1) is 13.9. The molecule has 1 aromatic carbocycles. The van der Waals surface area contributed by atoms with Gasteiger partial charge < -0.3 is 10.1 Å². The number of carbonyl (C=O) groups excluding carboxylic acids is 1. The van der Waals surface area contributed by atoms with Crippen LogP contribution in [0.2, 0.25) is 0 Å². The van der Waals surface area contributed by atoms with E-state index in [1.807, 2.05) is 24.5 Å². The van der Waals surface area contributed by atoms with Gasteiger partial charge in [0, 0.05) is 32.7 Å². The summed E-state index contributed by atoms with van der Waals surface area (Å²) < 4.78 is 0. The van der Waals surface area contributed by atoms with Gasteiger partial charge in [-0.2, -0.15) is 29.5 Å². The van der Waals surface area contributed by atoms with E-state index in [-0.39, 0.29) is 32.7 Å². The molecule has 1 N–H and O–H groups in total. The van der Waals surface area contributed by atoms with E-state index in [0.29, 0.717) is 6.42 Å². The Morgan fingerprint density at radius 1 is 1.25 bits per heavy atom. The summed E-state index contributed by atoms with van der Waals surface area (Å²) in [5.74, 6) is 1.47. The van der Waals surface area contributed by atoms with Crippen molar-refractivity contribution in [3.63, 3.8) is 0 Å². The molecule has 1 aromatic rings. The van der Waals surface area contributed by atoms with Crippen LogP contribution >= 0.6 is 0 Å². The van der Waals surface area contributed by atoms with Crippen LogP contribution in [0.25, 0.3) is 0 Å². The van der Waals surface area contributed by atoms with Crippen molar-refractivity contribution >= 4 is 6.29 Å². The molecule has 3 heteroatoms. The van der Waals surface area contributed by atoms with Gasteiger partial charge in [-0.1, -0.05) is 18.9 Å². The second-order valence-electron chi connectivity index (χ2n) is 3.83. The maximum Gasteiger partial charge on any atom is 0 e. The molecule has 0 bridgehead atoms. The average Bonchev–Trinajstić information content (AvgIpc) is 2.31. The second-order valence-corrected chi connectivity index (χ2v) is 3.83. The van der Waals surface area contributed by atoms with Gasteiger partial charge in [0.2, 0.25) is 0 Å². The van der Waals surface area contributed by atoms with Crippen LogP contribution in [0.3, 0.4) is 0 Å². The number of nitrogens with one attached hydrogen (secondary N) is 1. The molecule has 0 saturated carbocycles. The monoisotopic (exact) mass is 290 g/mol. The van der Waals surface area contributed by atoms with Gasteiger partial charge in [0.1, 0.15) is 0 Å². The summed E-state index contributed by atoms with van der Waals surface area (Å²) in [4.78, 5) is 10.5. The smallest absolute Gasteiger partial charge is 0 e. The minimum atomic E-state index is 0. The van der Waals surface area contributed by atoms with Gasteiger partial charge in [-0.25, -0.2) is 0 Å². The fourth-order valence-electron chi connectivity index (χ4n) is 2.10. The third-order valence-corrected chi connectivity index (χ3v) is 2.87. The molecule has 83 valence electrons. The molecular weight excluding hydrogens is 275 g/mol. The van der Waals surface area contributed by atoms with E-state index in [0.717, 1.165) is 31.5 Å². The van der Waals surface area contributed by atoms with Crippen molar-refractivity contribution in [2.24, 2.45) is 0 Å². The third-order valence-electron chi connectivity index (χ3n) is 2.87. The molecule has 0 aromatic heterocycles. The number of benzene rings is 1. The van der Waals surface area contributed by atoms with E-state index in [9.17, 15) is 4.79 Å². The van der Waals surface area contributed by atoms with E-state index in [4.69, 9.17) is 0 Å². The molecule has 1 heterocycles. The first-order chi connectivity index (χ1) is 7.42. The number of hydrogen-bond donors (Lipinski definition) is 1. The standard InChI is InChI=1S/C13H15NO.Y/c15-10-7-11-3-1-2-4-13(11)12-5-8-14-9-6-12;/h1-4,14H,5-9H2;/q-2;. The maximum atomic E-state index is 10.5. The molecule has 1 aliphatic rings. The van der Waals surface area contributed by atoms with Crippen LogP contribution in [0.5, 0.6) is 0 Å². The number of piperidine rings is 1. The summed E-state index contributed by atoms with van der Waals surface area (Å²) in [5.41, 5.74) is 2.38. The van der Waals surface area contributed by atoms with E-state index < -0.39 is 0 Å². The van der Waals surface area contributed by atoms with Crippen molar-refractivity contribution in [2.75, 3.05) is 13.1 Å². The van der Waals surface area contributed by atoms with Crippen LogP contribution in [0.15, 0.2) is 24.3 Å². The van der Waals surface area contributed by atoms with Crippen molar-refractivity contribution in [3.8, 4) is 0 Å². The molecular formula is C13H15NOY-2. The van der Waals surface area contributed by atoms with E-state index in [2.05, 4.69) is 11.4 Å². The van der Waals surface area contributed by atoms with Gasteiger partial charge >= 0.3 is 0 Å². The number of rotatable bonds is 3. The van der Waals surface area contributed by atoms with E-state index in [1.54, 1.807) is 0 Å². The summed E-state index contributed by atoms with van der Waals surface area (Å²) in [6, 6.07) is 8.17. The summed E-state index contributed by atoms with van der Waals surface area (Å²) in [6.07, 6.45) is 4.58. The summed E-state index contributed by atoms with van der Waals surface area (Å²) in [7, 11) is 0. The van der Waals surface area contributed by atoms with Crippen LogP contribution < -0.4 is 5.32 Å². The van der Waals surface area contributed by atoms with Crippen molar-refractivity contribution in [1.29, 1.82) is 0 Å². The minimum absolute atomic E-state index is 0. The quantitative estimate of drug-likeness (QED) is 0.858. The van der Waals surface area contributed by atoms with Crippen molar-refractivity contribution in [2.45, 2.75) is 19.3 Å². The van der Waals surface area contributed by atoms with Crippen molar-refractivity contribution in [1.82, 2.24) is 5.32 Å². The first-order valence-electron chi connectivity index (χ1n) is 5.40. The second kappa shape index (κ2) is 7.21. The van der Waals surface area contributed by atoms with Gasteiger partial charge in [0.25, 0.3) is 0 Å². The zero-order valence-electron chi connectivity index (χ0n) is 9.33. The van der Waals surface area contributed by atoms with Gasteiger partial charge in [-0.3, -0.25) is 6.29 Å². The molecule has 16 heavy (non-hydrogen) atoms. The molecule has 1 radical (unpaired) electrons. The Balaban J connectivity index is 0.00000128. The molecule has 0 amide bonds. The zero-order valence-corrected chi connectivity index (χ0v) is 12.2. The van der Waals surface area contributed by atoms with Crippen molar-refractivity contribution in [3.05, 3.63) is 41.3 Å². The molecule has 2 rings (SSSR count). The molecule has 2 nitrogen and oxygen atoms in total. The summed E-state index contributed by atoms with van der Waals surface area (Å²) in [5, 5.41) is 3.34. The zero-order chi connectivity index (χ0) is 10.5. The fourth-order valence-corrected chi connectivity index (χ4v) is 2.10. The van der Waals surface area contributed by atoms with Crippen LogP contribution in [0.1, 0.15) is 24.0 Å². The third kappa shape index (κ3) is 3.41. The van der Waals surface area contributed by atoms with Crippen LogP contribution in [-0.4, -0.2) is 19.4 Å². The van der Waals surface area contributed by atoms with Crippen molar-refractivity contribution < 1.29 is 37.5 Å². The average molecular weight is 290 g/mol. The Hall–Kier alpha value is -0.176. The summed E-state index contributed by atoms with van der Waals surface area (Å²) >= 11 is 0. The van der Waals surface area contributed by atoms with Crippen LogP contribution in [-0.2, 0) is 43.9 Å². The van der Waals surface area contributed by atoms with Crippen LogP contribution in [0, 0.1) is 5.92 Å². The minimum Gasteiger partial charge on any atom is -0.542 e. The summed E-state index contributed by atoms with van der Waals surface area (Å²) in [6.45, 7) is 2.10. The Morgan fingerprint density at radius 2 is 1.94 bits per heavy atom. The molecule has 1 aliphatic heterocycles. The molecule has 0 aliphatic carbocycles. The van der Waals surface area contributed by atoms with Crippen LogP contribution in [0.4, 0.5) is 0 Å². The molecule has 0 spiro atoms. The Morgan fingerprint density at radius 3 is 2.62 bits per heavy atom. The number of hydrogen-bond acceptors (Lipinski definition) is 2. The fraction of sp³-hybridized carbons (Fsp3) is 0.385. The van der Waals surface area contributed by atoms with E-state index >= 15 is 0 Å². The maximum absolute atomic E-state index is 10.5. The van der Waals surface area contributed by atoms with Gasteiger partial charge in [0.15, 0.2) is 0 Å². The SMILES string of the molecule is O=[C-]Cc1ccccc1[C-]1CCNCC1.[Y]. The van der Waals surface area contributed by atoms with Gasteiger partial charge in [-0.15, -0.1) is 12.1 Å². The first-order valence-corrected chi connectivity index (χ1v) is 5.40. The van der Waals surface area contributed by atoms with Gasteiger partial charge in [-0.05, 0) is 13.1 Å². The normalized spacial score (nSPS) is 15.4. The molecule has 1 saturated heterocycles. The molecule has 1 fully saturated rings. The van der Waals surface area contributed by atoms with Gasteiger partial charge in [0.05, 0.1) is 0 Å². The predicted molar refractivity (Wildman–Crippen MR) is 60.3 cm³/mol. The largest absolute Gasteiger partial charge is 0.542 e. The molecule has 0 atom stereocenters. The Kier molecular flexibility index (Phi) is 6.26. The Bertz CT molecular complexity index is 334. The predicted octanol–water partition coefficient (Wildman–Crippen LogP) is 1.64.